The zero-order chi connectivity index (χ0) is 33.9. The summed E-state index contributed by atoms with van der Waals surface area (Å²) in [5, 5.41) is 3.47. The Labute approximate surface area is 287 Å². The van der Waals surface area contributed by atoms with Crippen molar-refractivity contribution in [2.24, 2.45) is 22.2 Å². The van der Waals surface area contributed by atoms with Crippen LogP contribution in [0.3, 0.4) is 0 Å². The summed E-state index contributed by atoms with van der Waals surface area (Å²) in [4.78, 5) is 19.7. The molecule has 0 aromatic carbocycles. The van der Waals surface area contributed by atoms with Crippen LogP contribution in [0.15, 0.2) is 4.99 Å². The first-order chi connectivity index (χ1) is 22.4. The summed E-state index contributed by atoms with van der Waals surface area (Å²) in [6.07, 6.45) is 33.9. The summed E-state index contributed by atoms with van der Waals surface area (Å²) in [7, 11) is 0. The zero-order valence-electron chi connectivity index (χ0n) is 31.3. The van der Waals surface area contributed by atoms with E-state index in [4.69, 9.17) is 17.2 Å². The van der Waals surface area contributed by atoms with Crippen molar-refractivity contribution in [3.05, 3.63) is 0 Å². The SMILES string of the molecule is CCCCCCCCCCCCCCN(CCCCCCCCCCCC)C(=O)C(N)CCCCNCC(N)CCCN=C(C)N. The highest BCUT2D eigenvalue weighted by atomic mass is 16.2. The summed E-state index contributed by atoms with van der Waals surface area (Å²) in [6.45, 7) is 10.6. The molecule has 2 unspecified atom stereocenters. The fraction of sp³-hybridized carbons (Fsp3) is 0.949. The largest absolute Gasteiger partial charge is 0.388 e. The number of nitrogens with zero attached hydrogens (tertiary/aromatic N) is 2. The highest BCUT2D eigenvalue weighted by molar-refractivity contribution is 5.81. The highest BCUT2D eigenvalue weighted by Crippen LogP contribution is 2.14. The fourth-order valence-corrected chi connectivity index (χ4v) is 6.24. The van der Waals surface area contributed by atoms with Crippen LogP contribution in [0.5, 0.6) is 0 Å². The van der Waals surface area contributed by atoms with Crippen molar-refractivity contribution in [2.75, 3.05) is 32.7 Å². The summed E-state index contributed by atoms with van der Waals surface area (Å²) in [6, 6.07) is -0.244. The lowest BCUT2D eigenvalue weighted by molar-refractivity contribution is -0.133. The van der Waals surface area contributed by atoms with Gasteiger partial charge in [0.25, 0.3) is 0 Å². The van der Waals surface area contributed by atoms with Gasteiger partial charge >= 0.3 is 0 Å². The molecule has 0 rings (SSSR count). The molecular weight excluding hydrogens is 568 g/mol. The summed E-state index contributed by atoms with van der Waals surface area (Å²) in [5.74, 6) is 0.805. The van der Waals surface area contributed by atoms with Gasteiger partial charge in [-0.15, -0.1) is 0 Å². The predicted molar refractivity (Wildman–Crippen MR) is 204 cm³/mol. The summed E-state index contributed by atoms with van der Waals surface area (Å²) >= 11 is 0. The van der Waals surface area contributed by atoms with E-state index in [-0.39, 0.29) is 18.0 Å². The molecule has 0 aliphatic carbocycles. The third kappa shape index (κ3) is 31.4. The van der Waals surface area contributed by atoms with Gasteiger partial charge in [-0.1, -0.05) is 149 Å². The Morgan fingerprint density at radius 2 is 1.04 bits per heavy atom. The lowest BCUT2D eigenvalue weighted by Crippen LogP contribution is -2.44. The highest BCUT2D eigenvalue weighted by Gasteiger charge is 2.20. The number of carbonyl (C=O) groups excluding carboxylic acids is 1. The van der Waals surface area contributed by atoms with Crippen molar-refractivity contribution in [1.29, 1.82) is 0 Å². The van der Waals surface area contributed by atoms with Gasteiger partial charge in [-0.25, -0.2) is 0 Å². The van der Waals surface area contributed by atoms with Crippen LogP contribution in [0.2, 0.25) is 0 Å². The monoisotopic (exact) mass is 651 g/mol. The van der Waals surface area contributed by atoms with Gasteiger partial charge in [-0.3, -0.25) is 9.79 Å². The van der Waals surface area contributed by atoms with Crippen LogP contribution in [0.25, 0.3) is 0 Å². The molecule has 0 bridgehead atoms. The summed E-state index contributed by atoms with van der Waals surface area (Å²) in [5.41, 5.74) is 18.3. The Morgan fingerprint density at radius 1 is 0.609 bits per heavy atom. The molecular formula is C39H82N6O. The third-order valence-corrected chi connectivity index (χ3v) is 9.31. The minimum atomic E-state index is -0.380. The molecule has 0 fully saturated rings. The first-order valence-corrected chi connectivity index (χ1v) is 20.2. The van der Waals surface area contributed by atoms with Crippen molar-refractivity contribution >= 4 is 11.7 Å². The molecule has 0 aliphatic heterocycles. The Kier molecular flexibility index (Phi) is 34.2. The van der Waals surface area contributed by atoms with Crippen LogP contribution in [0, 0.1) is 0 Å². The van der Waals surface area contributed by atoms with Crippen LogP contribution < -0.4 is 22.5 Å². The molecule has 0 saturated carbocycles. The van der Waals surface area contributed by atoms with E-state index in [9.17, 15) is 4.79 Å². The molecule has 0 heterocycles. The quantitative estimate of drug-likeness (QED) is 0.0306. The smallest absolute Gasteiger partial charge is 0.239 e. The molecule has 2 atom stereocenters. The number of hydrogen-bond acceptors (Lipinski definition) is 5. The Morgan fingerprint density at radius 3 is 1.48 bits per heavy atom. The number of amidine groups is 1. The second-order valence-electron chi connectivity index (χ2n) is 14.1. The van der Waals surface area contributed by atoms with Crippen LogP contribution in [-0.4, -0.2) is 61.5 Å². The van der Waals surface area contributed by atoms with Crippen molar-refractivity contribution < 1.29 is 4.79 Å². The van der Waals surface area contributed by atoms with E-state index in [2.05, 4.69) is 29.1 Å². The average molecular weight is 651 g/mol. The van der Waals surface area contributed by atoms with E-state index in [0.717, 1.165) is 77.7 Å². The van der Waals surface area contributed by atoms with Crippen LogP contribution in [0.1, 0.15) is 194 Å². The maximum absolute atomic E-state index is 13.4. The van der Waals surface area contributed by atoms with E-state index in [1.54, 1.807) is 0 Å². The normalized spacial score (nSPS) is 13.3. The van der Waals surface area contributed by atoms with Gasteiger partial charge in [0.15, 0.2) is 0 Å². The van der Waals surface area contributed by atoms with Gasteiger partial charge < -0.3 is 27.4 Å². The minimum absolute atomic E-state index is 0.136. The zero-order valence-corrected chi connectivity index (χ0v) is 31.3. The molecule has 274 valence electrons. The van der Waals surface area contributed by atoms with Crippen LogP contribution >= 0.6 is 0 Å². The first kappa shape index (κ1) is 44.8. The van der Waals surface area contributed by atoms with Gasteiger partial charge in [0.2, 0.25) is 5.91 Å². The number of unbranched alkanes of at least 4 members (excludes halogenated alkanes) is 21. The molecule has 1 amide bonds. The molecule has 0 aliphatic rings. The van der Waals surface area contributed by atoms with Crippen molar-refractivity contribution in [3.63, 3.8) is 0 Å². The number of rotatable bonds is 36. The van der Waals surface area contributed by atoms with Gasteiger partial charge in [0.05, 0.1) is 11.9 Å². The van der Waals surface area contributed by atoms with E-state index in [0.29, 0.717) is 5.84 Å². The van der Waals surface area contributed by atoms with Gasteiger partial charge in [0, 0.05) is 32.2 Å². The predicted octanol–water partition coefficient (Wildman–Crippen LogP) is 9.01. The van der Waals surface area contributed by atoms with E-state index in [1.165, 1.54) is 128 Å². The maximum Gasteiger partial charge on any atom is 0.239 e. The van der Waals surface area contributed by atoms with Crippen LogP contribution in [-0.2, 0) is 4.79 Å². The molecule has 0 spiro atoms. The molecule has 7 N–H and O–H groups in total. The number of amides is 1. The number of nitrogens with one attached hydrogen (secondary N) is 1. The average Bonchev–Trinajstić information content (AvgIpc) is 3.04. The fourth-order valence-electron chi connectivity index (χ4n) is 6.24. The van der Waals surface area contributed by atoms with Crippen molar-refractivity contribution in [2.45, 2.75) is 206 Å². The number of carbonyl (C=O) groups is 1. The lowest BCUT2D eigenvalue weighted by Gasteiger charge is -2.26. The number of aliphatic imine (C=N–C) groups is 1. The summed E-state index contributed by atoms with van der Waals surface area (Å²) < 4.78 is 0. The molecule has 46 heavy (non-hydrogen) atoms. The Bertz CT molecular complexity index is 669. The second-order valence-corrected chi connectivity index (χ2v) is 14.1. The number of hydrogen-bond donors (Lipinski definition) is 4. The van der Waals surface area contributed by atoms with Gasteiger partial charge in [-0.05, 0) is 52.0 Å². The molecule has 0 aromatic heterocycles. The van der Waals surface area contributed by atoms with Gasteiger partial charge in [0.1, 0.15) is 0 Å². The van der Waals surface area contributed by atoms with Gasteiger partial charge in [-0.2, -0.15) is 0 Å². The first-order valence-electron chi connectivity index (χ1n) is 20.2. The van der Waals surface area contributed by atoms with E-state index < -0.39 is 0 Å². The molecule has 0 saturated heterocycles. The molecule has 7 nitrogen and oxygen atoms in total. The van der Waals surface area contributed by atoms with E-state index in [1.807, 2.05) is 6.92 Å². The molecule has 0 aromatic rings. The van der Waals surface area contributed by atoms with Crippen LogP contribution in [0.4, 0.5) is 0 Å². The van der Waals surface area contributed by atoms with Crippen molar-refractivity contribution in [3.8, 4) is 0 Å². The lowest BCUT2D eigenvalue weighted by atomic mass is 10.0. The maximum atomic E-state index is 13.4. The minimum Gasteiger partial charge on any atom is -0.388 e. The Balaban J connectivity index is 4.30. The third-order valence-electron chi connectivity index (χ3n) is 9.31. The molecule has 7 heteroatoms. The van der Waals surface area contributed by atoms with Crippen molar-refractivity contribution in [1.82, 2.24) is 10.2 Å². The second kappa shape index (κ2) is 35.1. The Hall–Kier alpha value is -1.18. The number of nitrogens with two attached hydrogens (primary N) is 3. The van der Waals surface area contributed by atoms with E-state index >= 15 is 0 Å². The topological polar surface area (TPSA) is 123 Å². The molecule has 0 radical (unpaired) electrons. The standard InChI is InChI=1S/C39H82N6O/c1-4-6-8-10-12-14-16-17-19-21-23-27-34-45(33-26-22-20-18-15-13-11-9-7-5-2)39(46)38(42)30-24-25-31-43-35-37(41)29-28-32-44-36(3)40/h37-38,43H,4-35,41-42H2,1-3H3,(H2,40,44).